The fourth-order valence-electron chi connectivity index (χ4n) is 3.11. The van der Waals surface area contributed by atoms with Crippen molar-refractivity contribution >= 4 is 23.2 Å². The highest BCUT2D eigenvalue weighted by molar-refractivity contribution is 6.31. The van der Waals surface area contributed by atoms with Crippen molar-refractivity contribution in [3.63, 3.8) is 0 Å². The number of carbonyl (C=O) groups is 1. The number of halogens is 1. The molecule has 1 aliphatic carbocycles. The van der Waals surface area contributed by atoms with E-state index < -0.39 is 5.91 Å². The summed E-state index contributed by atoms with van der Waals surface area (Å²) in [7, 11) is 0. The van der Waals surface area contributed by atoms with Gasteiger partial charge in [-0.15, -0.1) is 0 Å². The molecule has 1 saturated carbocycles. The zero-order valence-electron chi connectivity index (χ0n) is 12.5. The number of hydrogen-bond acceptors (Lipinski definition) is 3. The number of hydrogen-bond donors (Lipinski definition) is 2. The Kier molecular flexibility index (Phi) is 5.48. The third kappa shape index (κ3) is 3.89. The van der Waals surface area contributed by atoms with Gasteiger partial charge in [-0.05, 0) is 50.3 Å². The molecule has 0 spiro atoms. The molecule has 0 aliphatic heterocycles. The fraction of sp³-hybridized carbons (Fsp3) is 0.562. The molecular weight excluding hydrogens is 286 g/mol. The van der Waals surface area contributed by atoms with Crippen LogP contribution in [0.2, 0.25) is 5.02 Å². The van der Waals surface area contributed by atoms with Crippen molar-refractivity contribution in [1.82, 2.24) is 0 Å². The molecule has 5 heteroatoms. The number of amides is 1. The highest BCUT2D eigenvalue weighted by atomic mass is 35.5. The molecule has 0 radical (unpaired) electrons. The molecule has 1 aliphatic rings. The van der Waals surface area contributed by atoms with E-state index in [1.165, 1.54) is 0 Å². The predicted molar refractivity (Wildman–Crippen MR) is 87.8 cm³/mol. The molecule has 0 atom stereocenters. The van der Waals surface area contributed by atoms with Crippen LogP contribution in [0.25, 0.3) is 0 Å². The lowest BCUT2D eigenvalue weighted by Gasteiger charge is -2.38. The predicted octanol–water partition coefficient (Wildman–Crippen LogP) is 2.93. The Morgan fingerprint density at radius 3 is 2.57 bits per heavy atom. The average Bonchev–Trinajstić information content (AvgIpc) is 2.46. The minimum absolute atomic E-state index is 0.311. The fourth-order valence-corrected chi connectivity index (χ4v) is 3.28. The maximum absolute atomic E-state index is 11.7. The highest BCUT2D eigenvalue weighted by Crippen LogP contribution is 2.31. The summed E-state index contributed by atoms with van der Waals surface area (Å²) in [6.45, 7) is 3.04. The van der Waals surface area contributed by atoms with Gasteiger partial charge in [0.15, 0.2) is 0 Å². The molecule has 0 aromatic heterocycles. The zero-order chi connectivity index (χ0) is 15.4. The molecule has 1 amide bonds. The van der Waals surface area contributed by atoms with Crippen molar-refractivity contribution in [2.45, 2.75) is 51.1 Å². The Bertz CT molecular complexity index is 498. The van der Waals surface area contributed by atoms with Crippen molar-refractivity contribution < 1.29 is 4.79 Å². The molecule has 1 fully saturated rings. The average molecular weight is 310 g/mol. The van der Waals surface area contributed by atoms with Crippen LogP contribution in [-0.4, -0.2) is 24.5 Å². The van der Waals surface area contributed by atoms with Crippen LogP contribution in [0.4, 0.5) is 5.69 Å². The lowest BCUT2D eigenvalue weighted by molar-refractivity contribution is 0.100. The van der Waals surface area contributed by atoms with Gasteiger partial charge in [-0.1, -0.05) is 18.5 Å². The molecular formula is C16H24ClN3O. The van der Waals surface area contributed by atoms with E-state index in [0.717, 1.165) is 44.3 Å². The summed E-state index contributed by atoms with van der Waals surface area (Å²) in [6.07, 6.45) is 5.20. The molecule has 0 heterocycles. The van der Waals surface area contributed by atoms with E-state index in [2.05, 4.69) is 11.8 Å². The van der Waals surface area contributed by atoms with Gasteiger partial charge >= 0.3 is 0 Å². The number of nitrogens with two attached hydrogens (primary N) is 2. The van der Waals surface area contributed by atoms with Gasteiger partial charge in [0.1, 0.15) is 0 Å². The van der Waals surface area contributed by atoms with Crippen LogP contribution >= 0.6 is 11.6 Å². The van der Waals surface area contributed by atoms with Crippen LogP contribution in [0, 0.1) is 0 Å². The molecule has 116 valence electrons. The van der Waals surface area contributed by atoms with Crippen LogP contribution in [0.5, 0.6) is 0 Å². The van der Waals surface area contributed by atoms with Crippen molar-refractivity contribution in [1.29, 1.82) is 0 Å². The quantitative estimate of drug-likeness (QED) is 0.878. The maximum atomic E-state index is 11.7. The van der Waals surface area contributed by atoms with E-state index in [4.69, 9.17) is 23.1 Å². The van der Waals surface area contributed by atoms with Gasteiger partial charge in [0, 0.05) is 29.3 Å². The first kappa shape index (κ1) is 16.1. The molecule has 4 nitrogen and oxygen atoms in total. The third-order valence-corrected chi connectivity index (χ3v) is 4.42. The molecule has 21 heavy (non-hydrogen) atoms. The molecule has 0 unspecified atom stereocenters. The van der Waals surface area contributed by atoms with Crippen LogP contribution in [0.1, 0.15) is 49.4 Å². The van der Waals surface area contributed by atoms with E-state index in [1.807, 2.05) is 12.1 Å². The van der Waals surface area contributed by atoms with E-state index >= 15 is 0 Å². The normalized spacial score (nSPS) is 22.0. The van der Waals surface area contributed by atoms with Gasteiger partial charge in [-0.3, -0.25) is 4.79 Å². The SMILES string of the molecule is CCCN(c1ccc(Cl)cc1C(N)=O)C1CCC(N)CC1. The first-order valence-corrected chi connectivity index (χ1v) is 8.02. The van der Waals surface area contributed by atoms with Crippen LogP contribution in [0.15, 0.2) is 18.2 Å². The van der Waals surface area contributed by atoms with Crippen LogP contribution < -0.4 is 16.4 Å². The van der Waals surface area contributed by atoms with Gasteiger partial charge in [0.25, 0.3) is 5.91 Å². The molecule has 2 rings (SSSR count). The number of primary amides is 1. The van der Waals surface area contributed by atoms with E-state index in [0.29, 0.717) is 22.7 Å². The van der Waals surface area contributed by atoms with Crippen molar-refractivity contribution in [3.05, 3.63) is 28.8 Å². The Morgan fingerprint density at radius 1 is 1.33 bits per heavy atom. The Hall–Kier alpha value is -1.26. The summed E-state index contributed by atoms with van der Waals surface area (Å²) in [5.41, 5.74) is 12.9. The summed E-state index contributed by atoms with van der Waals surface area (Å²) in [5, 5.41) is 0.537. The largest absolute Gasteiger partial charge is 0.368 e. The number of rotatable bonds is 5. The summed E-state index contributed by atoms with van der Waals surface area (Å²) < 4.78 is 0. The zero-order valence-corrected chi connectivity index (χ0v) is 13.3. The molecule has 1 aromatic rings. The first-order chi connectivity index (χ1) is 10.0. The molecule has 0 bridgehead atoms. The number of carbonyl (C=O) groups excluding carboxylic acids is 1. The Balaban J connectivity index is 2.31. The molecule has 1 aromatic carbocycles. The lowest BCUT2D eigenvalue weighted by Crippen LogP contribution is -2.42. The van der Waals surface area contributed by atoms with Crippen molar-refractivity contribution in [2.75, 3.05) is 11.4 Å². The van der Waals surface area contributed by atoms with E-state index in [1.54, 1.807) is 6.07 Å². The smallest absolute Gasteiger partial charge is 0.250 e. The van der Waals surface area contributed by atoms with Gasteiger partial charge in [-0.2, -0.15) is 0 Å². The minimum atomic E-state index is -0.430. The number of nitrogens with zero attached hydrogens (tertiary/aromatic N) is 1. The minimum Gasteiger partial charge on any atom is -0.368 e. The second-order valence-electron chi connectivity index (χ2n) is 5.79. The second-order valence-corrected chi connectivity index (χ2v) is 6.22. The van der Waals surface area contributed by atoms with Crippen LogP contribution in [-0.2, 0) is 0 Å². The highest BCUT2D eigenvalue weighted by Gasteiger charge is 2.26. The lowest BCUT2D eigenvalue weighted by atomic mass is 9.90. The summed E-state index contributed by atoms with van der Waals surface area (Å²) in [5.74, 6) is -0.430. The van der Waals surface area contributed by atoms with Crippen LogP contribution in [0.3, 0.4) is 0 Å². The number of benzene rings is 1. The number of anilines is 1. The van der Waals surface area contributed by atoms with Gasteiger partial charge in [-0.25, -0.2) is 0 Å². The summed E-state index contributed by atoms with van der Waals surface area (Å²) in [6, 6.07) is 6.12. The van der Waals surface area contributed by atoms with E-state index in [-0.39, 0.29) is 0 Å². The van der Waals surface area contributed by atoms with Crippen molar-refractivity contribution in [2.24, 2.45) is 11.5 Å². The maximum Gasteiger partial charge on any atom is 0.250 e. The first-order valence-electron chi connectivity index (χ1n) is 7.64. The Morgan fingerprint density at radius 2 is 2.00 bits per heavy atom. The van der Waals surface area contributed by atoms with Gasteiger partial charge in [0.05, 0.1) is 5.56 Å². The van der Waals surface area contributed by atoms with Gasteiger partial charge < -0.3 is 16.4 Å². The molecule has 0 saturated heterocycles. The monoisotopic (exact) mass is 309 g/mol. The Labute approximate surface area is 131 Å². The topological polar surface area (TPSA) is 72.3 Å². The summed E-state index contributed by atoms with van der Waals surface area (Å²) >= 11 is 6.00. The second kappa shape index (κ2) is 7.14. The third-order valence-electron chi connectivity index (χ3n) is 4.18. The standard InChI is InChI=1S/C16H24ClN3O/c1-2-9-20(13-6-4-12(18)5-7-13)15-8-3-11(17)10-14(15)16(19)21/h3,8,10,12-13H,2,4-7,9,18H2,1H3,(H2,19,21). The van der Waals surface area contributed by atoms with Gasteiger partial charge in [0.2, 0.25) is 0 Å². The van der Waals surface area contributed by atoms with Crippen molar-refractivity contribution in [3.8, 4) is 0 Å². The molecule has 4 N–H and O–H groups in total. The van der Waals surface area contributed by atoms with E-state index in [9.17, 15) is 4.79 Å². The summed E-state index contributed by atoms with van der Waals surface area (Å²) in [4.78, 5) is 14.0.